The third-order valence-corrected chi connectivity index (χ3v) is 4.08. The second-order valence-corrected chi connectivity index (χ2v) is 6.29. The Hall–Kier alpha value is -1.98. The van der Waals surface area contributed by atoms with Crippen molar-refractivity contribution in [3.8, 4) is 0 Å². The van der Waals surface area contributed by atoms with Crippen LogP contribution >= 0.6 is 11.6 Å². The second kappa shape index (κ2) is 7.73. The highest BCUT2D eigenvalue weighted by molar-refractivity contribution is 6.33. The monoisotopic (exact) mass is 352 g/mol. The molecule has 2 aromatic carbocycles. The van der Waals surface area contributed by atoms with Gasteiger partial charge in [-0.05, 0) is 29.2 Å². The second-order valence-electron chi connectivity index (χ2n) is 5.88. The Morgan fingerprint density at radius 2 is 1.67 bits per heavy atom. The van der Waals surface area contributed by atoms with E-state index in [1.54, 1.807) is 0 Å². The van der Waals surface area contributed by atoms with Crippen LogP contribution in [0.2, 0.25) is 5.02 Å². The molecule has 0 aliphatic rings. The molecular formula is C18H19ClF2N2O. The van der Waals surface area contributed by atoms with Crippen LogP contribution < -0.4 is 11.1 Å². The first kappa shape index (κ1) is 18.4. The average molecular weight is 353 g/mol. The number of carbonyl (C=O) groups is 1. The fourth-order valence-electron chi connectivity index (χ4n) is 2.24. The summed E-state index contributed by atoms with van der Waals surface area (Å²) in [5, 5.41) is 2.43. The van der Waals surface area contributed by atoms with Gasteiger partial charge in [-0.3, -0.25) is 4.79 Å². The van der Waals surface area contributed by atoms with Crippen molar-refractivity contribution in [2.45, 2.75) is 25.8 Å². The van der Waals surface area contributed by atoms with E-state index in [0.717, 1.165) is 17.7 Å². The molecule has 128 valence electrons. The van der Waals surface area contributed by atoms with Crippen molar-refractivity contribution < 1.29 is 13.6 Å². The number of nitrogens with one attached hydrogen (secondary N) is 1. The molecule has 0 aromatic heterocycles. The third-order valence-electron chi connectivity index (χ3n) is 3.77. The molecule has 0 aliphatic carbocycles. The van der Waals surface area contributed by atoms with Crippen LogP contribution in [0, 0.1) is 11.6 Å². The van der Waals surface area contributed by atoms with E-state index in [9.17, 15) is 13.6 Å². The topological polar surface area (TPSA) is 55.1 Å². The van der Waals surface area contributed by atoms with Gasteiger partial charge in [-0.1, -0.05) is 49.7 Å². The first-order chi connectivity index (χ1) is 11.3. The molecule has 3 nitrogen and oxygen atoms in total. The molecule has 1 atom stereocenters. The van der Waals surface area contributed by atoms with Crippen LogP contribution in [0.5, 0.6) is 0 Å². The zero-order valence-electron chi connectivity index (χ0n) is 13.4. The number of carbonyl (C=O) groups excluding carboxylic acids is 1. The van der Waals surface area contributed by atoms with E-state index in [1.807, 2.05) is 24.3 Å². The van der Waals surface area contributed by atoms with E-state index in [0.29, 0.717) is 5.92 Å². The number of amides is 1. The molecule has 0 saturated carbocycles. The van der Waals surface area contributed by atoms with Crippen LogP contribution in [-0.4, -0.2) is 12.5 Å². The molecule has 6 heteroatoms. The summed E-state index contributed by atoms with van der Waals surface area (Å²) in [5.41, 5.74) is 8.00. The molecule has 3 N–H and O–H groups in total. The number of benzene rings is 2. The molecule has 24 heavy (non-hydrogen) atoms. The molecule has 0 bridgehead atoms. The van der Waals surface area contributed by atoms with Gasteiger partial charge in [0.05, 0.1) is 10.6 Å². The fraction of sp³-hybridized carbons (Fsp3) is 0.278. The van der Waals surface area contributed by atoms with Crippen molar-refractivity contribution in [1.82, 2.24) is 5.32 Å². The molecule has 2 rings (SSSR count). The fourth-order valence-corrected chi connectivity index (χ4v) is 2.48. The minimum atomic E-state index is -1.13. The summed E-state index contributed by atoms with van der Waals surface area (Å²) in [7, 11) is 0. The largest absolute Gasteiger partial charge is 0.350 e. The lowest BCUT2D eigenvalue weighted by molar-refractivity contribution is 0.0951. The van der Waals surface area contributed by atoms with Gasteiger partial charge in [0, 0.05) is 12.6 Å². The maximum Gasteiger partial charge on any atom is 0.252 e. The van der Waals surface area contributed by atoms with Gasteiger partial charge in [0.25, 0.3) is 5.91 Å². The Kier molecular flexibility index (Phi) is 5.91. The van der Waals surface area contributed by atoms with E-state index in [2.05, 4.69) is 19.2 Å². The van der Waals surface area contributed by atoms with E-state index in [-0.39, 0.29) is 17.1 Å². The minimum absolute atomic E-state index is 0.127. The standard InChI is InChI=1S/C18H19ClF2N2O/c1-10(2)11-3-5-12(6-4-11)17(22)9-23-18(24)13-7-15(20)16(21)8-14(13)19/h3-8,10,17H,9,22H2,1-2H3,(H,23,24). The number of hydrogen-bond donors (Lipinski definition) is 2. The van der Waals surface area contributed by atoms with E-state index >= 15 is 0 Å². The lowest BCUT2D eigenvalue weighted by atomic mass is 9.99. The zero-order valence-corrected chi connectivity index (χ0v) is 14.2. The lowest BCUT2D eigenvalue weighted by Gasteiger charge is -2.15. The predicted octanol–water partition coefficient (Wildman–Crippen LogP) is 4.17. The third kappa shape index (κ3) is 4.30. The number of rotatable bonds is 5. The minimum Gasteiger partial charge on any atom is -0.350 e. The highest BCUT2D eigenvalue weighted by Gasteiger charge is 2.16. The van der Waals surface area contributed by atoms with Crippen molar-refractivity contribution in [1.29, 1.82) is 0 Å². The van der Waals surface area contributed by atoms with Crippen LogP contribution in [0.15, 0.2) is 36.4 Å². The Morgan fingerprint density at radius 3 is 2.25 bits per heavy atom. The molecule has 2 aromatic rings. The Morgan fingerprint density at radius 1 is 1.12 bits per heavy atom. The first-order valence-corrected chi connectivity index (χ1v) is 7.95. The van der Waals surface area contributed by atoms with Gasteiger partial charge in [-0.2, -0.15) is 0 Å². The van der Waals surface area contributed by atoms with Crippen molar-refractivity contribution in [2.75, 3.05) is 6.54 Å². The van der Waals surface area contributed by atoms with Crippen LogP contribution in [-0.2, 0) is 0 Å². The molecule has 0 aliphatic heterocycles. The molecule has 0 radical (unpaired) electrons. The Balaban J connectivity index is 2.02. The van der Waals surface area contributed by atoms with E-state index in [4.69, 9.17) is 17.3 Å². The maximum atomic E-state index is 13.2. The number of hydrogen-bond acceptors (Lipinski definition) is 2. The van der Waals surface area contributed by atoms with Gasteiger partial charge >= 0.3 is 0 Å². The molecule has 0 heterocycles. The van der Waals surface area contributed by atoms with Gasteiger partial charge in [-0.25, -0.2) is 8.78 Å². The first-order valence-electron chi connectivity index (χ1n) is 7.57. The van der Waals surface area contributed by atoms with Gasteiger partial charge in [0.1, 0.15) is 0 Å². The SMILES string of the molecule is CC(C)c1ccc(C(N)CNC(=O)c2cc(F)c(F)cc2Cl)cc1. The quantitative estimate of drug-likeness (QED) is 0.793. The normalized spacial score (nSPS) is 12.3. The Labute approximate surface area is 144 Å². The summed E-state index contributed by atoms with van der Waals surface area (Å²) in [5.74, 6) is -2.41. The summed E-state index contributed by atoms with van der Waals surface area (Å²) >= 11 is 5.78. The van der Waals surface area contributed by atoms with Crippen molar-refractivity contribution in [3.05, 3.63) is 69.7 Å². The average Bonchev–Trinajstić information content (AvgIpc) is 2.55. The predicted molar refractivity (Wildman–Crippen MR) is 91.2 cm³/mol. The van der Waals surface area contributed by atoms with Crippen LogP contribution in [0.4, 0.5) is 8.78 Å². The van der Waals surface area contributed by atoms with Crippen LogP contribution in [0.3, 0.4) is 0 Å². The lowest BCUT2D eigenvalue weighted by Crippen LogP contribution is -2.32. The van der Waals surface area contributed by atoms with E-state index < -0.39 is 23.6 Å². The Bertz CT molecular complexity index is 733. The van der Waals surface area contributed by atoms with Gasteiger partial charge in [0.2, 0.25) is 0 Å². The molecule has 1 amide bonds. The number of nitrogens with two attached hydrogens (primary N) is 1. The molecular weight excluding hydrogens is 334 g/mol. The summed E-state index contributed by atoms with van der Waals surface area (Å²) in [6.07, 6.45) is 0. The summed E-state index contributed by atoms with van der Waals surface area (Å²) in [6.45, 7) is 4.34. The van der Waals surface area contributed by atoms with Crippen molar-refractivity contribution >= 4 is 17.5 Å². The van der Waals surface area contributed by atoms with E-state index in [1.165, 1.54) is 5.56 Å². The van der Waals surface area contributed by atoms with Gasteiger partial charge in [-0.15, -0.1) is 0 Å². The van der Waals surface area contributed by atoms with Crippen LogP contribution in [0.1, 0.15) is 47.3 Å². The molecule has 0 fully saturated rings. The van der Waals surface area contributed by atoms with Crippen molar-refractivity contribution in [2.24, 2.45) is 5.73 Å². The molecule has 1 unspecified atom stereocenters. The number of halogens is 3. The molecule has 0 saturated heterocycles. The highest BCUT2D eigenvalue weighted by Crippen LogP contribution is 2.21. The maximum absolute atomic E-state index is 13.2. The summed E-state index contributed by atoms with van der Waals surface area (Å²) in [4.78, 5) is 12.1. The highest BCUT2D eigenvalue weighted by atomic mass is 35.5. The zero-order chi connectivity index (χ0) is 17.9. The van der Waals surface area contributed by atoms with Crippen molar-refractivity contribution in [3.63, 3.8) is 0 Å². The van der Waals surface area contributed by atoms with Crippen LogP contribution in [0.25, 0.3) is 0 Å². The summed E-state index contributed by atoms with van der Waals surface area (Å²) < 4.78 is 26.3. The summed E-state index contributed by atoms with van der Waals surface area (Å²) in [6, 6.07) is 8.95. The smallest absolute Gasteiger partial charge is 0.252 e. The molecule has 0 spiro atoms. The van der Waals surface area contributed by atoms with Gasteiger partial charge in [0.15, 0.2) is 11.6 Å². The van der Waals surface area contributed by atoms with Gasteiger partial charge < -0.3 is 11.1 Å².